The monoisotopic (exact) mass is 303 g/mol. The zero-order valence-corrected chi connectivity index (χ0v) is 11.8. The molecule has 21 heavy (non-hydrogen) atoms. The molecule has 108 valence electrons. The van der Waals surface area contributed by atoms with Crippen molar-refractivity contribution in [3.63, 3.8) is 0 Å². The van der Waals surface area contributed by atoms with Crippen molar-refractivity contribution in [2.24, 2.45) is 0 Å². The Morgan fingerprint density at radius 2 is 2.00 bits per heavy atom. The lowest BCUT2D eigenvalue weighted by Crippen LogP contribution is -2.15. The van der Waals surface area contributed by atoms with E-state index in [4.69, 9.17) is 5.73 Å². The van der Waals surface area contributed by atoms with Gasteiger partial charge >= 0.3 is 0 Å². The molecule has 0 heterocycles. The van der Waals surface area contributed by atoms with Gasteiger partial charge < -0.3 is 11.1 Å². The number of hydrogen-bond donors (Lipinski definition) is 2. The summed E-state index contributed by atoms with van der Waals surface area (Å²) in [6, 6.07) is 13.2. The molecule has 0 unspecified atom stereocenters. The van der Waals surface area contributed by atoms with E-state index in [0.29, 0.717) is 5.69 Å². The summed E-state index contributed by atoms with van der Waals surface area (Å²) in [6.45, 7) is 0. The molecule has 2 aromatic rings. The van der Waals surface area contributed by atoms with Crippen LogP contribution in [0, 0.1) is 10.1 Å². The molecule has 0 atom stereocenters. The number of benzene rings is 2. The molecule has 0 saturated heterocycles. The van der Waals surface area contributed by atoms with Crippen LogP contribution < -0.4 is 11.1 Å². The summed E-state index contributed by atoms with van der Waals surface area (Å²) in [7, 11) is 0. The number of nitrogens with zero attached hydrogens (tertiary/aromatic N) is 1. The van der Waals surface area contributed by atoms with E-state index in [-0.39, 0.29) is 23.0 Å². The fourth-order valence-electron chi connectivity index (χ4n) is 1.68. The molecule has 0 aliphatic heterocycles. The number of carbonyl (C=O) groups excluding carboxylic acids is 1. The Kier molecular flexibility index (Phi) is 4.78. The SMILES string of the molecule is Nc1cccc(SCC(=O)Nc2ccccc2[N+](=O)[O-])c1. The first-order chi connectivity index (χ1) is 10.1. The minimum atomic E-state index is -0.527. The quantitative estimate of drug-likeness (QED) is 0.383. The van der Waals surface area contributed by atoms with Crippen molar-refractivity contribution in [2.75, 3.05) is 16.8 Å². The standard InChI is InChI=1S/C14H13N3O3S/c15-10-4-3-5-11(8-10)21-9-14(18)16-12-6-1-2-7-13(12)17(19)20/h1-8H,9,15H2,(H,16,18). The van der Waals surface area contributed by atoms with Crippen LogP contribution in [0.1, 0.15) is 0 Å². The van der Waals surface area contributed by atoms with E-state index in [1.807, 2.05) is 6.07 Å². The highest BCUT2D eigenvalue weighted by Gasteiger charge is 2.14. The van der Waals surface area contributed by atoms with Crippen LogP contribution in [0.5, 0.6) is 0 Å². The molecule has 3 N–H and O–H groups in total. The maximum atomic E-state index is 11.9. The number of nitrogen functional groups attached to an aromatic ring is 1. The summed E-state index contributed by atoms with van der Waals surface area (Å²) < 4.78 is 0. The fraction of sp³-hybridized carbons (Fsp3) is 0.0714. The molecule has 0 bridgehead atoms. The number of nitrogens with two attached hydrogens (primary N) is 1. The number of anilines is 2. The third-order valence-electron chi connectivity index (χ3n) is 2.60. The van der Waals surface area contributed by atoms with Crippen molar-refractivity contribution in [1.82, 2.24) is 0 Å². The molecule has 6 nitrogen and oxygen atoms in total. The number of para-hydroxylation sites is 2. The number of nitro groups is 1. The van der Waals surface area contributed by atoms with Crippen LogP contribution in [-0.2, 0) is 4.79 Å². The first kappa shape index (κ1) is 14.9. The van der Waals surface area contributed by atoms with E-state index in [2.05, 4.69) is 5.32 Å². The second kappa shape index (κ2) is 6.76. The van der Waals surface area contributed by atoms with Crippen LogP contribution in [0.25, 0.3) is 0 Å². The van der Waals surface area contributed by atoms with Gasteiger partial charge in [-0.1, -0.05) is 18.2 Å². The summed E-state index contributed by atoms with van der Waals surface area (Å²) in [4.78, 5) is 23.1. The molecular formula is C14H13N3O3S. The predicted molar refractivity (Wildman–Crippen MR) is 83.3 cm³/mol. The first-order valence-electron chi connectivity index (χ1n) is 6.08. The number of nitro benzene ring substituents is 1. The Hall–Kier alpha value is -2.54. The number of rotatable bonds is 5. The molecule has 2 aromatic carbocycles. The highest BCUT2D eigenvalue weighted by Crippen LogP contribution is 2.24. The van der Waals surface area contributed by atoms with Crippen molar-refractivity contribution >= 4 is 34.7 Å². The minimum Gasteiger partial charge on any atom is -0.399 e. The summed E-state index contributed by atoms with van der Waals surface area (Å²) in [5.41, 5.74) is 6.35. The molecule has 1 amide bonds. The number of hydrogen-bond acceptors (Lipinski definition) is 5. The van der Waals surface area contributed by atoms with E-state index >= 15 is 0 Å². The van der Waals surface area contributed by atoms with Gasteiger partial charge in [0.05, 0.1) is 10.7 Å². The minimum absolute atomic E-state index is 0.125. The summed E-state index contributed by atoms with van der Waals surface area (Å²) in [5, 5.41) is 13.4. The van der Waals surface area contributed by atoms with Gasteiger partial charge in [-0.3, -0.25) is 14.9 Å². The van der Waals surface area contributed by atoms with Gasteiger partial charge in [0.1, 0.15) is 5.69 Å². The van der Waals surface area contributed by atoms with Crippen molar-refractivity contribution < 1.29 is 9.72 Å². The van der Waals surface area contributed by atoms with Gasteiger partial charge in [0.2, 0.25) is 5.91 Å². The topological polar surface area (TPSA) is 98.3 Å². The lowest BCUT2D eigenvalue weighted by molar-refractivity contribution is -0.383. The second-order valence-electron chi connectivity index (χ2n) is 4.18. The highest BCUT2D eigenvalue weighted by atomic mass is 32.2. The van der Waals surface area contributed by atoms with E-state index in [1.54, 1.807) is 30.3 Å². The second-order valence-corrected chi connectivity index (χ2v) is 5.23. The fourth-order valence-corrected chi connectivity index (χ4v) is 2.44. The third kappa shape index (κ3) is 4.22. The Balaban J connectivity index is 1.98. The number of amides is 1. The summed E-state index contributed by atoms with van der Waals surface area (Å²) in [5.74, 6) is -0.160. The normalized spacial score (nSPS) is 10.1. The van der Waals surface area contributed by atoms with Crippen LogP contribution >= 0.6 is 11.8 Å². The van der Waals surface area contributed by atoms with E-state index < -0.39 is 4.92 Å². The summed E-state index contributed by atoms with van der Waals surface area (Å²) in [6.07, 6.45) is 0. The third-order valence-corrected chi connectivity index (χ3v) is 3.60. The molecular weight excluding hydrogens is 290 g/mol. The molecule has 0 saturated carbocycles. The van der Waals surface area contributed by atoms with Crippen molar-refractivity contribution in [3.05, 3.63) is 58.6 Å². The van der Waals surface area contributed by atoms with Gasteiger partial charge in [0, 0.05) is 16.6 Å². The van der Waals surface area contributed by atoms with Gasteiger partial charge in [-0.2, -0.15) is 0 Å². The first-order valence-corrected chi connectivity index (χ1v) is 7.06. The molecule has 0 aliphatic rings. The number of nitrogens with one attached hydrogen (secondary N) is 1. The van der Waals surface area contributed by atoms with Crippen LogP contribution in [0.3, 0.4) is 0 Å². The van der Waals surface area contributed by atoms with Gasteiger partial charge in [0.25, 0.3) is 5.69 Å². The van der Waals surface area contributed by atoms with Crippen LogP contribution in [0.15, 0.2) is 53.4 Å². The number of carbonyl (C=O) groups is 1. The Morgan fingerprint density at radius 1 is 1.24 bits per heavy atom. The zero-order chi connectivity index (χ0) is 15.2. The maximum Gasteiger partial charge on any atom is 0.292 e. The Labute approximate surface area is 125 Å². The van der Waals surface area contributed by atoms with Crippen LogP contribution in [0.4, 0.5) is 17.1 Å². The van der Waals surface area contributed by atoms with Crippen molar-refractivity contribution in [1.29, 1.82) is 0 Å². The molecule has 0 spiro atoms. The predicted octanol–water partition coefficient (Wildman–Crippen LogP) is 2.91. The van der Waals surface area contributed by atoms with Crippen LogP contribution in [-0.4, -0.2) is 16.6 Å². The highest BCUT2D eigenvalue weighted by molar-refractivity contribution is 8.00. The molecule has 0 fully saturated rings. The Morgan fingerprint density at radius 3 is 2.71 bits per heavy atom. The van der Waals surface area contributed by atoms with Gasteiger partial charge in [0.15, 0.2) is 0 Å². The van der Waals surface area contributed by atoms with Gasteiger partial charge in [-0.25, -0.2) is 0 Å². The smallest absolute Gasteiger partial charge is 0.292 e. The lowest BCUT2D eigenvalue weighted by atomic mass is 10.2. The van der Waals surface area contributed by atoms with Crippen LogP contribution in [0.2, 0.25) is 0 Å². The molecule has 7 heteroatoms. The summed E-state index contributed by atoms with van der Waals surface area (Å²) >= 11 is 1.31. The van der Waals surface area contributed by atoms with Gasteiger partial charge in [-0.05, 0) is 24.3 Å². The van der Waals surface area contributed by atoms with E-state index in [0.717, 1.165) is 4.90 Å². The molecule has 2 rings (SSSR count). The molecule has 0 aromatic heterocycles. The lowest BCUT2D eigenvalue weighted by Gasteiger charge is -2.06. The molecule has 0 aliphatic carbocycles. The average molecular weight is 303 g/mol. The average Bonchev–Trinajstić information content (AvgIpc) is 2.45. The largest absolute Gasteiger partial charge is 0.399 e. The zero-order valence-electron chi connectivity index (χ0n) is 11.0. The van der Waals surface area contributed by atoms with Gasteiger partial charge in [-0.15, -0.1) is 11.8 Å². The van der Waals surface area contributed by atoms with E-state index in [9.17, 15) is 14.9 Å². The maximum absolute atomic E-state index is 11.9. The van der Waals surface area contributed by atoms with E-state index in [1.165, 1.54) is 23.9 Å². The number of thioether (sulfide) groups is 1. The van der Waals surface area contributed by atoms with Crippen molar-refractivity contribution in [2.45, 2.75) is 4.90 Å². The Bertz CT molecular complexity index is 676. The van der Waals surface area contributed by atoms with Crippen molar-refractivity contribution in [3.8, 4) is 0 Å². The molecule has 0 radical (unpaired) electrons.